The fourth-order valence-electron chi connectivity index (χ4n) is 4.01. The summed E-state index contributed by atoms with van der Waals surface area (Å²) in [5.74, 6) is 0.828. The maximum absolute atomic E-state index is 12.5. The van der Waals surface area contributed by atoms with E-state index in [0.29, 0.717) is 11.6 Å². The van der Waals surface area contributed by atoms with Gasteiger partial charge in [-0.3, -0.25) is 0 Å². The first-order valence-electron chi connectivity index (χ1n) is 10.4. The third kappa shape index (κ3) is 3.59. The zero-order valence-corrected chi connectivity index (χ0v) is 17.0. The molecule has 3 aromatic rings. The Hall–Kier alpha value is -3.47. The van der Waals surface area contributed by atoms with E-state index in [1.807, 2.05) is 36.4 Å². The molecule has 150 valence electrons. The number of rotatable bonds is 3. The Bertz CT molecular complexity index is 1180. The van der Waals surface area contributed by atoms with Gasteiger partial charge in [-0.15, -0.1) is 0 Å². The van der Waals surface area contributed by atoms with Crippen molar-refractivity contribution < 1.29 is 9.53 Å². The molecule has 0 spiro atoms. The molecule has 0 atom stereocenters. The van der Waals surface area contributed by atoms with Gasteiger partial charge in [-0.1, -0.05) is 30.3 Å². The highest BCUT2D eigenvalue weighted by molar-refractivity contribution is 6.13. The van der Waals surface area contributed by atoms with E-state index in [-0.39, 0.29) is 0 Å². The standard InChI is InChI=1S/C25H23N3O2/c1-17-10-11-19-15-20(23(26-21(19)14-17)28-12-6-3-7-13-28)16-22-25(29)30-24(27-22)18-8-4-2-5-9-18/h2,4-5,8-11,14-16H,3,6-7,12-13H2,1H3/b22-16+. The number of aryl methyl sites for hydroxylation is 1. The molecule has 0 amide bonds. The van der Waals surface area contributed by atoms with Gasteiger partial charge >= 0.3 is 5.97 Å². The summed E-state index contributed by atoms with van der Waals surface area (Å²) in [5, 5.41) is 1.05. The molecule has 5 rings (SSSR count). The first kappa shape index (κ1) is 18.6. The molecule has 30 heavy (non-hydrogen) atoms. The number of hydrogen-bond acceptors (Lipinski definition) is 5. The van der Waals surface area contributed by atoms with E-state index in [1.54, 1.807) is 0 Å². The van der Waals surface area contributed by atoms with E-state index in [4.69, 9.17) is 9.72 Å². The molecule has 0 saturated carbocycles. The molecular formula is C25H23N3O2. The van der Waals surface area contributed by atoms with Crippen molar-refractivity contribution in [2.24, 2.45) is 4.99 Å². The van der Waals surface area contributed by atoms with Crippen LogP contribution in [-0.2, 0) is 9.53 Å². The third-order valence-electron chi connectivity index (χ3n) is 5.57. The van der Waals surface area contributed by atoms with Gasteiger partial charge in [-0.05, 0) is 62.1 Å². The summed E-state index contributed by atoms with van der Waals surface area (Å²) in [5.41, 5.74) is 4.15. The average Bonchev–Trinajstić information content (AvgIpc) is 3.15. The van der Waals surface area contributed by atoms with Crippen molar-refractivity contribution in [3.8, 4) is 0 Å². The van der Waals surface area contributed by atoms with Gasteiger partial charge in [-0.2, -0.15) is 0 Å². The summed E-state index contributed by atoms with van der Waals surface area (Å²) in [7, 11) is 0. The van der Waals surface area contributed by atoms with E-state index in [9.17, 15) is 4.79 Å². The topological polar surface area (TPSA) is 54.8 Å². The molecular weight excluding hydrogens is 374 g/mol. The smallest absolute Gasteiger partial charge is 0.363 e. The molecule has 5 nitrogen and oxygen atoms in total. The molecule has 1 aromatic heterocycles. The molecule has 1 fully saturated rings. The lowest BCUT2D eigenvalue weighted by Gasteiger charge is -2.29. The number of fused-ring (bicyclic) bond motifs is 1. The predicted octanol–water partition coefficient (Wildman–Crippen LogP) is 4.88. The second kappa shape index (κ2) is 7.75. The van der Waals surface area contributed by atoms with Gasteiger partial charge in [0.25, 0.3) is 0 Å². The molecule has 2 aliphatic rings. The van der Waals surface area contributed by atoms with Crippen LogP contribution in [0.5, 0.6) is 0 Å². The van der Waals surface area contributed by atoms with Crippen LogP contribution in [0.15, 0.2) is 65.3 Å². The highest BCUT2D eigenvalue weighted by atomic mass is 16.6. The molecule has 3 heterocycles. The fraction of sp³-hybridized carbons (Fsp3) is 0.240. The van der Waals surface area contributed by atoms with Gasteiger partial charge in [0.15, 0.2) is 5.70 Å². The molecule has 2 aliphatic heterocycles. The molecule has 2 aromatic carbocycles. The van der Waals surface area contributed by atoms with Crippen LogP contribution in [0.25, 0.3) is 17.0 Å². The molecule has 0 N–H and O–H groups in total. The number of cyclic esters (lactones) is 1. The number of carbonyl (C=O) groups excluding carboxylic acids is 1. The Kier molecular flexibility index (Phi) is 4.79. The number of piperidine rings is 1. The summed E-state index contributed by atoms with van der Waals surface area (Å²) in [6.07, 6.45) is 5.37. The van der Waals surface area contributed by atoms with Crippen LogP contribution in [-0.4, -0.2) is 29.9 Å². The van der Waals surface area contributed by atoms with E-state index in [1.165, 1.54) is 12.0 Å². The van der Waals surface area contributed by atoms with Crippen molar-refractivity contribution in [2.45, 2.75) is 26.2 Å². The average molecular weight is 397 g/mol. The minimum absolute atomic E-state index is 0.306. The molecule has 0 aliphatic carbocycles. The minimum Gasteiger partial charge on any atom is -0.402 e. The Morgan fingerprint density at radius 1 is 1.00 bits per heavy atom. The quantitative estimate of drug-likeness (QED) is 0.467. The first-order chi connectivity index (χ1) is 14.7. The number of ether oxygens (including phenoxy) is 1. The molecule has 1 saturated heterocycles. The molecule has 0 radical (unpaired) electrons. The van der Waals surface area contributed by atoms with Crippen LogP contribution < -0.4 is 4.90 Å². The van der Waals surface area contributed by atoms with E-state index < -0.39 is 5.97 Å². The van der Waals surface area contributed by atoms with Crippen LogP contribution in [0.2, 0.25) is 0 Å². The maximum Gasteiger partial charge on any atom is 0.363 e. The van der Waals surface area contributed by atoms with Crippen molar-refractivity contribution in [1.82, 2.24) is 4.98 Å². The first-order valence-corrected chi connectivity index (χ1v) is 10.4. The Balaban J connectivity index is 1.61. The van der Waals surface area contributed by atoms with Gasteiger partial charge < -0.3 is 9.64 Å². The van der Waals surface area contributed by atoms with Crippen molar-refractivity contribution in [2.75, 3.05) is 18.0 Å². The van der Waals surface area contributed by atoms with E-state index in [0.717, 1.165) is 53.8 Å². The molecule has 5 heteroatoms. The lowest BCUT2D eigenvalue weighted by molar-refractivity contribution is -0.129. The van der Waals surface area contributed by atoms with Crippen LogP contribution in [0, 0.1) is 6.92 Å². The largest absolute Gasteiger partial charge is 0.402 e. The number of pyridine rings is 1. The summed E-state index contributed by atoms with van der Waals surface area (Å²) in [4.78, 5) is 24.3. The number of esters is 1. The Morgan fingerprint density at radius 3 is 2.60 bits per heavy atom. The molecule has 0 unspecified atom stereocenters. The van der Waals surface area contributed by atoms with Crippen LogP contribution >= 0.6 is 0 Å². The van der Waals surface area contributed by atoms with E-state index >= 15 is 0 Å². The van der Waals surface area contributed by atoms with Gasteiger partial charge in [0.2, 0.25) is 5.90 Å². The number of aliphatic imine (C=N–C) groups is 1. The second-order valence-electron chi connectivity index (χ2n) is 7.85. The zero-order valence-electron chi connectivity index (χ0n) is 17.0. The van der Waals surface area contributed by atoms with Gasteiger partial charge in [0.05, 0.1) is 5.52 Å². The third-order valence-corrected chi connectivity index (χ3v) is 5.57. The van der Waals surface area contributed by atoms with Crippen LogP contribution in [0.4, 0.5) is 5.82 Å². The number of nitrogens with zero attached hydrogens (tertiary/aromatic N) is 3. The number of benzene rings is 2. The Labute approximate surface area is 175 Å². The highest BCUT2D eigenvalue weighted by Gasteiger charge is 2.25. The molecule has 0 bridgehead atoms. The predicted molar refractivity (Wildman–Crippen MR) is 120 cm³/mol. The lowest BCUT2D eigenvalue weighted by atomic mass is 10.1. The summed E-state index contributed by atoms with van der Waals surface area (Å²) >= 11 is 0. The second-order valence-corrected chi connectivity index (χ2v) is 7.85. The normalized spacial score (nSPS) is 18.0. The summed E-state index contributed by atoms with van der Waals surface area (Å²) < 4.78 is 5.43. The Morgan fingerprint density at radius 2 is 1.80 bits per heavy atom. The van der Waals surface area contributed by atoms with Gasteiger partial charge in [0.1, 0.15) is 5.82 Å². The zero-order chi connectivity index (χ0) is 20.5. The summed E-state index contributed by atoms with van der Waals surface area (Å²) in [6, 6.07) is 17.8. The number of carbonyl (C=O) groups is 1. The van der Waals surface area contributed by atoms with Crippen molar-refractivity contribution in [3.05, 3.63) is 77.0 Å². The fourth-order valence-corrected chi connectivity index (χ4v) is 4.01. The highest BCUT2D eigenvalue weighted by Crippen LogP contribution is 2.30. The maximum atomic E-state index is 12.5. The van der Waals surface area contributed by atoms with Crippen molar-refractivity contribution in [3.63, 3.8) is 0 Å². The SMILES string of the molecule is Cc1ccc2cc(/C=C3/N=C(c4ccccc4)OC3=O)c(N3CCCCC3)nc2c1. The number of anilines is 1. The van der Waals surface area contributed by atoms with Crippen molar-refractivity contribution in [1.29, 1.82) is 0 Å². The van der Waals surface area contributed by atoms with Crippen molar-refractivity contribution >= 4 is 34.7 Å². The monoisotopic (exact) mass is 397 g/mol. The van der Waals surface area contributed by atoms with Gasteiger partial charge in [0, 0.05) is 29.6 Å². The van der Waals surface area contributed by atoms with E-state index in [2.05, 4.69) is 41.1 Å². The number of aromatic nitrogens is 1. The van der Waals surface area contributed by atoms with Crippen LogP contribution in [0.1, 0.15) is 36.0 Å². The summed E-state index contributed by atoms with van der Waals surface area (Å²) in [6.45, 7) is 4.03. The number of hydrogen-bond donors (Lipinski definition) is 0. The lowest BCUT2D eigenvalue weighted by Crippen LogP contribution is -2.30. The van der Waals surface area contributed by atoms with Gasteiger partial charge in [-0.25, -0.2) is 14.8 Å². The minimum atomic E-state index is -0.428. The van der Waals surface area contributed by atoms with Crippen LogP contribution in [0.3, 0.4) is 0 Å².